The van der Waals surface area contributed by atoms with E-state index in [1.54, 1.807) is 16.7 Å². The van der Waals surface area contributed by atoms with Crippen molar-refractivity contribution in [3.63, 3.8) is 0 Å². The molecule has 0 radical (unpaired) electrons. The summed E-state index contributed by atoms with van der Waals surface area (Å²) < 4.78 is 0. The molecule has 0 fully saturated rings. The number of hydrogen-bond donors (Lipinski definition) is 1. The van der Waals surface area contributed by atoms with Crippen molar-refractivity contribution in [2.75, 3.05) is 6.54 Å². The number of aryl methyl sites for hydroxylation is 3. The lowest BCUT2D eigenvalue weighted by Gasteiger charge is -2.22. The predicted molar refractivity (Wildman–Crippen MR) is 92.9 cm³/mol. The van der Waals surface area contributed by atoms with Gasteiger partial charge in [-0.3, -0.25) is 0 Å². The third kappa shape index (κ3) is 5.82. The first-order valence-corrected chi connectivity index (χ1v) is 8.80. The van der Waals surface area contributed by atoms with E-state index in [2.05, 4.69) is 51.2 Å². The van der Waals surface area contributed by atoms with Gasteiger partial charge in [0.15, 0.2) is 0 Å². The Balaban J connectivity index is 1.75. The van der Waals surface area contributed by atoms with Gasteiger partial charge in [0.25, 0.3) is 0 Å². The van der Waals surface area contributed by atoms with Gasteiger partial charge in [-0.2, -0.15) is 0 Å². The summed E-state index contributed by atoms with van der Waals surface area (Å²) in [6.45, 7) is 10.2. The van der Waals surface area contributed by atoms with Gasteiger partial charge >= 0.3 is 0 Å². The van der Waals surface area contributed by atoms with Gasteiger partial charge < -0.3 is 5.32 Å². The number of hydrogen-bond acceptors (Lipinski definition) is 1. The Morgan fingerprint density at radius 1 is 1.05 bits per heavy atom. The van der Waals surface area contributed by atoms with Crippen molar-refractivity contribution in [3.05, 3.63) is 34.9 Å². The Morgan fingerprint density at radius 3 is 2.48 bits per heavy atom. The molecule has 1 aromatic carbocycles. The van der Waals surface area contributed by atoms with Gasteiger partial charge in [-0.15, -0.1) is 0 Å². The van der Waals surface area contributed by atoms with Gasteiger partial charge in [0.2, 0.25) is 0 Å². The highest BCUT2D eigenvalue weighted by Gasteiger charge is 2.11. The standard InChI is InChI=1S/C20H33N/c1-16(13-14-21-20(2,3)4)9-10-17-11-12-18-7-5-6-8-19(18)15-17/h11-12,15-16,21H,5-10,13-14H2,1-4H3. The van der Waals surface area contributed by atoms with E-state index in [9.17, 15) is 0 Å². The molecule has 1 aromatic rings. The number of rotatable bonds is 6. The van der Waals surface area contributed by atoms with E-state index in [4.69, 9.17) is 0 Å². The van der Waals surface area contributed by atoms with E-state index in [0.29, 0.717) is 0 Å². The van der Waals surface area contributed by atoms with Gasteiger partial charge in [-0.25, -0.2) is 0 Å². The van der Waals surface area contributed by atoms with Crippen LogP contribution in [0.25, 0.3) is 0 Å². The van der Waals surface area contributed by atoms with E-state index in [1.807, 2.05) is 0 Å². The summed E-state index contributed by atoms with van der Waals surface area (Å²) >= 11 is 0. The smallest absolute Gasteiger partial charge is 0.00965 e. The monoisotopic (exact) mass is 287 g/mol. The quantitative estimate of drug-likeness (QED) is 0.783. The molecule has 118 valence electrons. The van der Waals surface area contributed by atoms with Gasteiger partial charge in [0.05, 0.1) is 0 Å². The zero-order valence-corrected chi connectivity index (χ0v) is 14.5. The summed E-state index contributed by atoms with van der Waals surface area (Å²) in [7, 11) is 0. The minimum atomic E-state index is 0.248. The summed E-state index contributed by atoms with van der Waals surface area (Å²) in [6, 6.07) is 7.23. The first-order valence-electron chi connectivity index (χ1n) is 8.80. The fourth-order valence-corrected chi connectivity index (χ4v) is 3.19. The summed E-state index contributed by atoms with van der Waals surface area (Å²) in [5.41, 5.74) is 5.03. The summed E-state index contributed by atoms with van der Waals surface area (Å²) in [6.07, 6.45) is 9.19. The van der Waals surface area contributed by atoms with Crippen molar-refractivity contribution in [1.29, 1.82) is 0 Å². The molecule has 1 aliphatic carbocycles. The number of benzene rings is 1. The first kappa shape index (κ1) is 16.5. The third-order valence-electron chi connectivity index (χ3n) is 4.63. The molecule has 0 aromatic heterocycles. The van der Waals surface area contributed by atoms with Crippen LogP contribution in [0.1, 0.15) is 70.1 Å². The molecule has 1 nitrogen and oxygen atoms in total. The highest BCUT2D eigenvalue weighted by Crippen LogP contribution is 2.23. The van der Waals surface area contributed by atoms with Crippen molar-refractivity contribution in [2.45, 2.75) is 78.2 Å². The summed E-state index contributed by atoms with van der Waals surface area (Å²) in [5.74, 6) is 0.802. The van der Waals surface area contributed by atoms with Crippen molar-refractivity contribution in [2.24, 2.45) is 5.92 Å². The van der Waals surface area contributed by atoms with Crippen LogP contribution in [-0.2, 0) is 19.3 Å². The molecule has 0 heterocycles. The van der Waals surface area contributed by atoms with Crippen LogP contribution in [0.4, 0.5) is 0 Å². The Bertz CT molecular complexity index is 442. The second-order valence-electron chi connectivity index (χ2n) is 7.92. The molecule has 1 aliphatic rings. The fraction of sp³-hybridized carbons (Fsp3) is 0.700. The van der Waals surface area contributed by atoms with E-state index >= 15 is 0 Å². The molecule has 21 heavy (non-hydrogen) atoms. The zero-order chi connectivity index (χ0) is 15.3. The third-order valence-corrected chi connectivity index (χ3v) is 4.63. The van der Waals surface area contributed by atoms with E-state index in [1.165, 1.54) is 44.9 Å². The Labute approximate surface area is 131 Å². The Kier molecular flexibility index (Phi) is 5.87. The highest BCUT2D eigenvalue weighted by molar-refractivity contribution is 5.33. The molecule has 1 heteroatoms. The van der Waals surface area contributed by atoms with Gasteiger partial charge in [0, 0.05) is 5.54 Å². The lowest BCUT2D eigenvalue weighted by molar-refractivity contribution is 0.386. The van der Waals surface area contributed by atoms with Crippen LogP contribution in [0.5, 0.6) is 0 Å². The van der Waals surface area contributed by atoms with Crippen LogP contribution in [0.15, 0.2) is 18.2 Å². The molecule has 0 saturated carbocycles. The lowest BCUT2D eigenvalue weighted by Crippen LogP contribution is -2.36. The van der Waals surface area contributed by atoms with Crippen molar-refractivity contribution < 1.29 is 0 Å². The number of nitrogens with one attached hydrogen (secondary N) is 1. The maximum atomic E-state index is 3.59. The molecule has 0 amide bonds. The largest absolute Gasteiger partial charge is 0.312 e. The minimum absolute atomic E-state index is 0.248. The highest BCUT2D eigenvalue weighted by atomic mass is 14.9. The second kappa shape index (κ2) is 7.45. The second-order valence-corrected chi connectivity index (χ2v) is 7.92. The van der Waals surface area contributed by atoms with Crippen molar-refractivity contribution in [1.82, 2.24) is 5.32 Å². The predicted octanol–water partition coefficient (Wildman–Crippen LogP) is 4.91. The molecule has 0 saturated heterocycles. The van der Waals surface area contributed by atoms with Crippen LogP contribution < -0.4 is 5.32 Å². The minimum Gasteiger partial charge on any atom is -0.312 e. The van der Waals surface area contributed by atoms with E-state index < -0.39 is 0 Å². The topological polar surface area (TPSA) is 12.0 Å². The van der Waals surface area contributed by atoms with Gasteiger partial charge in [-0.1, -0.05) is 25.1 Å². The van der Waals surface area contributed by atoms with E-state index in [0.717, 1.165) is 12.5 Å². The maximum Gasteiger partial charge on any atom is 0.00965 e. The Morgan fingerprint density at radius 2 is 1.76 bits per heavy atom. The SMILES string of the molecule is CC(CCNC(C)(C)C)CCc1ccc2c(c1)CCCC2. The first-order chi connectivity index (χ1) is 9.94. The molecule has 1 N–H and O–H groups in total. The maximum absolute atomic E-state index is 3.59. The van der Waals surface area contributed by atoms with Crippen LogP contribution in [-0.4, -0.2) is 12.1 Å². The molecular weight excluding hydrogens is 254 g/mol. The fourth-order valence-electron chi connectivity index (χ4n) is 3.19. The van der Waals surface area contributed by atoms with Crippen LogP contribution in [0, 0.1) is 5.92 Å². The molecule has 0 bridgehead atoms. The summed E-state index contributed by atoms with van der Waals surface area (Å²) in [5, 5.41) is 3.59. The van der Waals surface area contributed by atoms with Crippen LogP contribution >= 0.6 is 0 Å². The van der Waals surface area contributed by atoms with Gasteiger partial charge in [0.1, 0.15) is 0 Å². The molecular formula is C20H33N. The lowest BCUT2D eigenvalue weighted by atomic mass is 9.89. The number of fused-ring (bicyclic) bond motifs is 1. The van der Waals surface area contributed by atoms with Crippen molar-refractivity contribution >= 4 is 0 Å². The molecule has 2 rings (SSSR count). The normalized spacial score (nSPS) is 16.6. The summed E-state index contributed by atoms with van der Waals surface area (Å²) in [4.78, 5) is 0. The molecule has 1 atom stereocenters. The van der Waals surface area contributed by atoms with Crippen molar-refractivity contribution in [3.8, 4) is 0 Å². The van der Waals surface area contributed by atoms with E-state index in [-0.39, 0.29) is 5.54 Å². The average molecular weight is 287 g/mol. The molecule has 0 aliphatic heterocycles. The average Bonchev–Trinajstić information content (AvgIpc) is 2.43. The van der Waals surface area contributed by atoms with Crippen LogP contribution in [0.2, 0.25) is 0 Å². The zero-order valence-electron chi connectivity index (χ0n) is 14.5. The Hall–Kier alpha value is -0.820. The van der Waals surface area contributed by atoms with Crippen LogP contribution in [0.3, 0.4) is 0 Å². The molecule has 1 unspecified atom stereocenters. The van der Waals surface area contributed by atoms with Gasteiger partial charge in [-0.05, 0) is 94.9 Å². The molecule has 0 spiro atoms.